The molecule has 5 nitrogen and oxygen atoms in total. The maximum Gasteiger partial charge on any atom is 0.335 e. The molecule has 1 unspecified atom stereocenters. The fraction of sp³-hybridized carbons (Fsp3) is 0.429. The Bertz CT molecular complexity index is 519. The highest BCUT2D eigenvalue weighted by Gasteiger charge is 2.36. The van der Waals surface area contributed by atoms with Crippen molar-refractivity contribution in [3.63, 3.8) is 0 Å². The minimum absolute atomic E-state index is 0.0665. The van der Waals surface area contributed by atoms with Crippen molar-refractivity contribution in [3.8, 4) is 0 Å². The number of nitrogens with one attached hydrogen (secondary N) is 2. The zero-order chi connectivity index (χ0) is 14.0. The Kier molecular flexibility index (Phi) is 3.57. The van der Waals surface area contributed by atoms with Crippen molar-refractivity contribution in [1.82, 2.24) is 5.32 Å². The third-order valence-electron chi connectivity index (χ3n) is 3.65. The molecule has 1 heterocycles. The lowest BCUT2D eigenvalue weighted by molar-refractivity contribution is -0.123. The van der Waals surface area contributed by atoms with Crippen molar-refractivity contribution in [3.05, 3.63) is 29.3 Å². The van der Waals surface area contributed by atoms with Crippen LogP contribution in [-0.4, -0.2) is 30.1 Å². The molecule has 1 saturated heterocycles. The van der Waals surface area contributed by atoms with Gasteiger partial charge in [0.25, 0.3) is 0 Å². The van der Waals surface area contributed by atoms with E-state index in [2.05, 4.69) is 10.6 Å². The molecular formula is C14H18N2O3. The Hall–Kier alpha value is -1.88. The molecule has 1 aromatic rings. The molecule has 0 radical (unpaired) electrons. The van der Waals surface area contributed by atoms with Crippen molar-refractivity contribution in [2.45, 2.75) is 20.3 Å². The molecule has 0 bridgehead atoms. The van der Waals surface area contributed by atoms with Gasteiger partial charge in [-0.05, 0) is 44.5 Å². The van der Waals surface area contributed by atoms with Crippen LogP contribution >= 0.6 is 0 Å². The molecule has 1 amide bonds. The number of carboxylic acid groups (broad SMARTS) is 1. The molecule has 2 rings (SSSR count). The molecule has 5 heteroatoms. The van der Waals surface area contributed by atoms with E-state index in [0.717, 1.165) is 18.5 Å². The first kappa shape index (κ1) is 13.5. The minimum atomic E-state index is -0.996. The number of aryl methyl sites for hydroxylation is 1. The second-order valence-corrected chi connectivity index (χ2v) is 5.28. The lowest BCUT2D eigenvalue weighted by atomic mass is 9.88. The van der Waals surface area contributed by atoms with Crippen LogP contribution in [0.25, 0.3) is 0 Å². The number of anilines is 1. The maximum absolute atomic E-state index is 12.3. The number of carbonyl (C=O) groups is 2. The van der Waals surface area contributed by atoms with Crippen molar-refractivity contribution in [2.75, 3.05) is 18.4 Å². The minimum Gasteiger partial charge on any atom is -0.478 e. The first-order valence-corrected chi connectivity index (χ1v) is 6.28. The quantitative estimate of drug-likeness (QED) is 0.773. The summed E-state index contributed by atoms with van der Waals surface area (Å²) in [6, 6.07) is 4.74. The highest BCUT2D eigenvalue weighted by molar-refractivity contribution is 5.97. The number of hydrogen-bond acceptors (Lipinski definition) is 3. The smallest absolute Gasteiger partial charge is 0.335 e. The predicted molar refractivity (Wildman–Crippen MR) is 72.4 cm³/mol. The maximum atomic E-state index is 12.3. The van der Waals surface area contributed by atoms with Gasteiger partial charge in [-0.15, -0.1) is 0 Å². The highest BCUT2D eigenvalue weighted by Crippen LogP contribution is 2.27. The summed E-state index contributed by atoms with van der Waals surface area (Å²) in [4.78, 5) is 23.2. The van der Waals surface area contributed by atoms with Crippen molar-refractivity contribution >= 4 is 17.6 Å². The van der Waals surface area contributed by atoms with Crippen molar-refractivity contribution in [2.24, 2.45) is 5.41 Å². The Morgan fingerprint density at radius 3 is 2.74 bits per heavy atom. The second-order valence-electron chi connectivity index (χ2n) is 5.28. The van der Waals surface area contributed by atoms with E-state index in [1.54, 1.807) is 6.07 Å². The summed E-state index contributed by atoms with van der Waals surface area (Å²) in [5.41, 5.74) is 1.17. The van der Waals surface area contributed by atoms with Gasteiger partial charge in [0.1, 0.15) is 0 Å². The average molecular weight is 262 g/mol. The lowest BCUT2D eigenvalue weighted by Crippen LogP contribution is -2.35. The zero-order valence-electron chi connectivity index (χ0n) is 11.1. The molecule has 1 aliphatic rings. The summed E-state index contributed by atoms with van der Waals surface area (Å²) in [5.74, 6) is -1.06. The van der Waals surface area contributed by atoms with Gasteiger partial charge in [-0.25, -0.2) is 4.79 Å². The van der Waals surface area contributed by atoms with Gasteiger partial charge in [0.05, 0.1) is 11.0 Å². The van der Waals surface area contributed by atoms with E-state index in [1.807, 2.05) is 13.8 Å². The van der Waals surface area contributed by atoms with E-state index in [1.165, 1.54) is 12.1 Å². The highest BCUT2D eigenvalue weighted by atomic mass is 16.4. The van der Waals surface area contributed by atoms with Crippen LogP contribution in [0.15, 0.2) is 18.2 Å². The number of hydrogen-bond donors (Lipinski definition) is 3. The molecule has 19 heavy (non-hydrogen) atoms. The van der Waals surface area contributed by atoms with Crippen LogP contribution in [0, 0.1) is 12.3 Å². The summed E-state index contributed by atoms with van der Waals surface area (Å²) in [6.07, 6.45) is 0.788. The topological polar surface area (TPSA) is 78.4 Å². The SMILES string of the molecule is Cc1ccc(C(=O)O)cc1NC(=O)C1(C)CCNC1. The van der Waals surface area contributed by atoms with Crippen LogP contribution in [0.4, 0.5) is 5.69 Å². The molecule has 1 atom stereocenters. The number of rotatable bonds is 3. The third kappa shape index (κ3) is 2.76. The third-order valence-corrected chi connectivity index (χ3v) is 3.65. The molecule has 1 aromatic carbocycles. The van der Waals surface area contributed by atoms with Gasteiger partial charge in [0, 0.05) is 12.2 Å². The molecule has 0 saturated carbocycles. The molecule has 0 aromatic heterocycles. The summed E-state index contributed by atoms with van der Waals surface area (Å²) < 4.78 is 0. The summed E-state index contributed by atoms with van der Waals surface area (Å²) in [6.45, 7) is 5.24. The van der Waals surface area contributed by atoms with E-state index in [9.17, 15) is 9.59 Å². The fourth-order valence-electron chi connectivity index (χ4n) is 2.17. The van der Waals surface area contributed by atoms with Gasteiger partial charge >= 0.3 is 5.97 Å². The molecule has 3 N–H and O–H groups in total. The second kappa shape index (κ2) is 5.01. The largest absolute Gasteiger partial charge is 0.478 e. The Morgan fingerprint density at radius 2 is 2.16 bits per heavy atom. The Morgan fingerprint density at radius 1 is 1.42 bits per heavy atom. The van der Waals surface area contributed by atoms with Crippen LogP contribution in [0.5, 0.6) is 0 Å². The number of carbonyl (C=O) groups excluding carboxylic acids is 1. The number of amides is 1. The van der Waals surface area contributed by atoms with E-state index < -0.39 is 11.4 Å². The molecule has 1 fully saturated rings. The zero-order valence-corrected chi connectivity index (χ0v) is 11.1. The van der Waals surface area contributed by atoms with Gasteiger partial charge in [0.2, 0.25) is 5.91 Å². The molecule has 102 valence electrons. The van der Waals surface area contributed by atoms with E-state index in [-0.39, 0.29) is 11.5 Å². The van der Waals surface area contributed by atoms with Gasteiger partial charge < -0.3 is 15.7 Å². The van der Waals surface area contributed by atoms with E-state index in [4.69, 9.17) is 5.11 Å². The van der Waals surface area contributed by atoms with Gasteiger partial charge in [0.15, 0.2) is 0 Å². The molecular weight excluding hydrogens is 244 g/mol. The first-order valence-electron chi connectivity index (χ1n) is 6.28. The monoisotopic (exact) mass is 262 g/mol. The van der Waals surface area contributed by atoms with Gasteiger partial charge in [-0.1, -0.05) is 6.07 Å². The average Bonchev–Trinajstić information content (AvgIpc) is 2.80. The van der Waals surface area contributed by atoms with E-state index >= 15 is 0 Å². The summed E-state index contributed by atoms with van der Waals surface area (Å²) >= 11 is 0. The van der Waals surface area contributed by atoms with E-state index in [0.29, 0.717) is 12.2 Å². The Balaban J connectivity index is 2.20. The lowest BCUT2D eigenvalue weighted by Gasteiger charge is -2.22. The van der Waals surface area contributed by atoms with Crippen LogP contribution in [0.2, 0.25) is 0 Å². The number of benzene rings is 1. The number of aromatic carboxylic acids is 1. The van der Waals surface area contributed by atoms with Crippen LogP contribution in [-0.2, 0) is 4.79 Å². The van der Waals surface area contributed by atoms with Crippen molar-refractivity contribution in [1.29, 1.82) is 0 Å². The number of carboxylic acids is 1. The summed E-state index contributed by atoms with van der Waals surface area (Å²) in [5, 5.41) is 15.0. The summed E-state index contributed by atoms with van der Waals surface area (Å²) in [7, 11) is 0. The molecule has 1 aliphatic heterocycles. The molecule has 0 aliphatic carbocycles. The van der Waals surface area contributed by atoms with Crippen LogP contribution in [0.3, 0.4) is 0 Å². The Labute approximate surface area is 112 Å². The van der Waals surface area contributed by atoms with Crippen LogP contribution < -0.4 is 10.6 Å². The fourth-order valence-corrected chi connectivity index (χ4v) is 2.17. The molecule has 0 spiro atoms. The normalized spacial score (nSPS) is 22.2. The van der Waals surface area contributed by atoms with Crippen molar-refractivity contribution < 1.29 is 14.7 Å². The van der Waals surface area contributed by atoms with Gasteiger partial charge in [-0.2, -0.15) is 0 Å². The standard InChI is InChI=1S/C14H18N2O3/c1-9-3-4-10(12(17)18)7-11(9)16-13(19)14(2)5-6-15-8-14/h3-4,7,15H,5-6,8H2,1-2H3,(H,16,19)(H,17,18). The predicted octanol–water partition coefficient (Wildman–Crippen LogP) is 1.63. The van der Waals surface area contributed by atoms with Crippen LogP contribution in [0.1, 0.15) is 29.3 Å². The first-order chi connectivity index (χ1) is 8.92. The van der Waals surface area contributed by atoms with Gasteiger partial charge in [-0.3, -0.25) is 4.79 Å².